The Bertz CT molecular complexity index is 720. The van der Waals surface area contributed by atoms with Crippen molar-refractivity contribution in [3.8, 4) is 0 Å². The van der Waals surface area contributed by atoms with Gasteiger partial charge in [-0.3, -0.25) is 15.0 Å². The first-order chi connectivity index (χ1) is 15.1. The first-order valence-corrected chi connectivity index (χ1v) is 12.2. The number of hydrazine groups is 1. The van der Waals surface area contributed by atoms with Crippen molar-refractivity contribution in [2.24, 2.45) is 0 Å². The molecule has 4 aliphatic carbocycles. The summed E-state index contributed by atoms with van der Waals surface area (Å²) in [5, 5.41) is 18.5. The smallest absolute Gasteiger partial charge is 0.246 e. The summed E-state index contributed by atoms with van der Waals surface area (Å²) < 4.78 is 19.4. The zero-order valence-corrected chi connectivity index (χ0v) is 19.7. The molecule has 32 heavy (non-hydrogen) atoms. The van der Waals surface area contributed by atoms with E-state index in [0.717, 1.165) is 6.42 Å². The van der Waals surface area contributed by atoms with E-state index in [1.54, 1.807) is 0 Å². The molecular weight excluding hydrogens is 439 g/mol. The highest BCUT2D eigenvalue weighted by molar-refractivity contribution is 6.21. The van der Waals surface area contributed by atoms with Crippen molar-refractivity contribution in [1.82, 2.24) is 21.1 Å². The standard InChI is InChI=1S/C22H36ClFN4O4/c1-13-9-17(28(2)27-13)20(31)26-21-5-7-22(8-6-21,18(29)11-21)25-19(30)12-32-14-3-4-15(23)16(24)10-14/h13-18,27,29H,3-12H2,1-2H3,(H,25,30)(H,26,31)/t13?,14?,15?,16?,17?,18-,21?,22?/m1/s1. The van der Waals surface area contributed by atoms with Crippen molar-refractivity contribution in [2.45, 2.75) is 112 Å². The first-order valence-electron chi connectivity index (χ1n) is 11.8. The monoisotopic (exact) mass is 474 g/mol. The third-order valence-corrected chi connectivity index (χ3v) is 8.46. The van der Waals surface area contributed by atoms with Crippen LogP contribution in [0.25, 0.3) is 0 Å². The van der Waals surface area contributed by atoms with E-state index in [9.17, 15) is 19.1 Å². The number of hydrogen-bond acceptors (Lipinski definition) is 6. The van der Waals surface area contributed by atoms with Crippen LogP contribution >= 0.6 is 11.6 Å². The van der Waals surface area contributed by atoms with E-state index in [-0.39, 0.29) is 43.0 Å². The Labute approximate surface area is 193 Å². The van der Waals surface area contributed by atoms with E-state index >= 15 is 0 Å². The van der Waals surface area contributed by atoms with E-state index < -0.39 is 28.7 Å². The molecule has 5 unspecified atom stereocenters. The van der Waals surface area contributed by atoms with Gasteiger partial charge in [0.2, 0.25) is 11.8 Å². The molecule has 2 bridgehead atoms. The summed E-state index contributed by atoms with van der Waals surface area (Å²) in [6, 6.07) is 0.0298. The van der Waals surface area contributed by atoms with Crippen molar-refractivity contribution in [1.29, 1.82) is 0 Å². The minimum Gasteiger partial charge on any atom is -0.391 e. The molecular formula is C22H36ClFN4O4. The summed E-state index contributed by atoms with van der Waals surface area (Å²) in [4.78, 5) is 25.5. The number of ether oxygens (including phenoxy) is 1. The quantitative estimate of drug-likeness (QED) is 0.431. The molecule has 1 saturated heterocycles. The van der Waals surface area contributed by atoms with Gasteiger partial charge in [-0.1, -0.05) is 0 Å². The lowest BCUT2D eigenvalue weighted by molar-refractivity contribution is -0.141. The molecule has 0 aromatic rings. The van der Waals surface area contributed by atoms with Gasteiger partial charge < -0.3 is 20.5 Å². The minimum atomic E-state index is -1.11. The number of aliphatic hydroxyl groups is 1. The number of fused-ring (bicyclic) bond motifs is 3. The van der Waals surface area contributed by atoms with Crippen LogP contribution < -0.4 is 16.1 Å². The SMILES string of the molecule is CC1CC(C(=O)NC23CCC(NC(=O)COC4CCC(Cl)C(F)C4)(CC2)[C@H](O)C3)N(C)N1. The van der Waals surface area contributed by atoms with Crippen molar-refractivity contribution < 1.29 is 23.8 Å². The van der Waals surface area contributed by atoms with Crippen LogP contribution in [0.5, 0.6) is 0 Å². The van der Waals surface area contributed by atoms with Crippen molar-refractivity contribution in [3.05, 3.63) is 0 Å². The number of carbonyl (C=O) groups excluding carboxylic acids is 2. The molecule has 1 heterocycles. The Hall–Kier alpha value is -1.00. The topological polar surface area (TPSA) is 103 Å². The molecule has 1 aliphatic heterocycles. The molecule has 6 atom stereocenters. The first kappa shape index (κ1) is 24.1. The van der Waals surface area contributed by atoms with Gasteiger partial charge in [-0.15, -0.1) is 11.6 Å². The molecule has 0 radical (unpaired) electrons. The van der Waals surface area contributed by atoms with E-state index in [2.05, 4.69) is 16.1 Å². The Balaban J connectivity index is 1.28. The number of nitrogens with one attached hydrogen (secondary N) is 3. The van der Waals surface area contributed by atoms with Crippen molar-refractivity contribution in [2.75, 3.05) is 13.7 Å². The largest absolute Gasteiger partial charge is 0.391 e. The van der Waals surface area contributed by atoms with Crippen LogP contribution in [0, 0.1) is 0 Å². The summed E-state index contributed by atoms with van der Waals surface area (Å²) in [5.74, 6) is -0.306. The van der Waals surface area contributed by atoms with E-state index in [0.29, 0.717) is 44.9 Å². The van der Waals surface area contributed by atoms with Gasteiger partial charge in [0.25, 0.3) is 0 Å². The van der Waals surface area contributed by atoms with Crippen LogP contribution in [0.1, 0.15) is 64.7 Å². The number of carbonyl (C=O) groups is 2. The maximum Gasteiger partial charge on any atom is 0.246 e. The number of hydrogen-bond donors (Lipinski definition) is 4. The Morgan fingerprint density at radius 3 is 2.53 bits per heavy atom. The second-order valence-electron chi connectivity index (χ2n) is 10.4. The number of likely N-dealkylation sites (N-methyl/N-ethyl adjacent to an activating group) is 1. The molecule has 0 aromatic heterocycles. The molecule has 10 heteroatoms. The average molecular weight is 475 g/mol. The number of rotatable bonds is 6. The van der Waals surface area contributed by atoms with Crippen LogP contribution in [0.15, 0.2) is 0 Å². The summed E-state index contributed by atoms with van der Waals surface area (Å²) in [6.45, 7) is 1.90. The minimum absolute atomic E-state index is 0.0128. The second kappa shape index (κ2) is 9.33. The summed E-state index contributed by atoms with van der Waals surface area (Å²) in [6.07, 6.45) is 3.01. The zero-order valence-electron chi connectivity index (χ0n) is 18.9. The molecule has 4 N–H and O–H groups in total. The second-order valence-corrected chi connectivity index (χ2v) is 10.9. The fourth-order valence-corrected chi connectivity index (χ4v) is 6.20. The molecule has 5 aliphatic rings. The van der Waals surface area contributed by atoms with Crippen LogP contribution in [0.3, 0.4) is 0 Å². The number of amides is 2. The van der Waals surface area contributed by atoms with Crippen LogP contribution in [0.4, 0.5) is 4.39 Å². The molecule has 2 amide bonds. The van der Waals surface area contributed by atoms with Gasteiger partial charge in [0.15, 0.2) is 0 Å². The van der Waals surface area contributed by atoms with E-state index in [1.165, 1.54) is 0 Å². The highest BCUT2D eigenvalue weighted by Crippen LogP contribution is 2.47. The van der Waals surface area contributed by atoms with Crippen LogP contribution in [-0.2, 0) is 14.3 Å². The number of halogens is 2. The fourth-order valence-electron chi connectivity index (χ4n) is 5.97. The molecule has 0 spiro atoms. The molecule has 8 nitrogen and oxygen atoms in total. The van der Waals surface area contributed by atoms with Crippen LogP contribution in [0.2, 0.25) is 0 Å². The van der Waals surface area contributed by atoms with Crippen molar-refractivity contribution >= 4 is 23.4 Å². The molecule has 5 rings (SSSR count). The number of aliphatic hydroxyl groups excluding tert-OH is 1. The van der Waals surface area contributed by atoms with Gasteiger partial charge in [-0.25, -0.2) is 9.40 Å². The lowest BCUT2D eigenvalue weighted by Crippen LogP contribution is -2.71. The summed E-state index contributed by atoms with van der Waals surface area (Å²) in [7, 11) is 1.87. The predicted molar refractivity (Wildman–Crippen MR) is 118 cm³/mol. The molecule has 5 fully saturated rings. The highest BCUT2D eigenvalue weighted by atomic mass is 35.5. The van der Waals surface area contributed by atoms with Gasteiger partial charge >= 0.3 is 0 Å². The van der Waals surface area contributed by atoms with E-state index in [4.69, 9.17) is 16.3 Å². The van der Waals surface area contributed by atoms with Gasteiger partial charge in [0, 0.05) is 25.0 Å². The molecule has 0 aromatic carbocycles. The maximum absolute atomic E-state index is 13.8. The number of alkyl halides is 2. The molecule has 182 valence electrons. The lowest BCUT2D eigenvalue weighted by Gasteiger charge is -2.56. The van der Waals surface area contributed by atoms with Gasteiger partial charge in [-0.05, 0) is 58.3 Å². The Kier molecular flexibility index (Phi) is 7.04. The van der Waals surface area contributed by atoms with Gasteiger partial charge in [0.05, 0.1) is 23.1 Å². The van der Waals surface area contributed by atoms with Gasteiger partial charge in [-0.2, -0.15) is 0 Å². The summed E-state index contributed by atoms with van der Waals surface area (Å²) >= 11 is 5.91. The normalized spacial score (nSPS) is 44.4. The lowest BCUT2D eigenvalue weighted by atomic mass is 9.59. The van der Waals surface area contributed by atoms with Crippen molar-refractivity contribution in [3.63, 3.8) is 0 Å². The van der Waals surface area contributed by atoms with Gasteiger partial charge in [0.1, 0.15) is 18.8 Å². The highest BCUT2D eigenvalue weighted by Gasteiger charge is 2.55. The Morgan fingerprint density at radius 1 is 1.22 bits per heavy atom. The molecule has 4 saturated carbocycles. The fraction of sp³-hybridized carbons (Fsp3) is 0.909. The predicted octanol–water partition coefficient (Wildman–Crippen LogP) is 1.15. The number of nitrogens with zero attached hydrogens (tertiary/aromatic N) is 1. The maximum atomic E-state index is 13.8. The Morgan fingerprint density at radius 2 is 1.94 bits per heavy atom. The average Bonchev–Trinajstić information content (AvgIpc) is 3.08. The third kappa shape index (κ3) is 4.92. The summed E-state index contributed by atoms with van der Waals surface area (Å²) in [5.41, 5.74) is 2.12. The zero-order chi connectivity index (χ0) is 23.1. The van der Waals surface area contributed by atoms with Crippen LogP contribution in [-0.4, -0.2) is 82.5 Å². The third-order valence-electron chi connectivity index (χ3n) is 7.96. The van der Waals surface area contributed by atoms with E-state index in [1.807, 2.05) is 19.0 Å².